The monoisotopic (exact) mass is 434 g/mol. The molecule has 1 heterocycles. The molecule has 0 atom stereocenters. The lowest BCUT2D eigenvalue weighted by Crippen LogP contribution is -2.45. The van der Waals surface area contributed by atoms with Crippen molar-refractivity contribution in [2.24, 2.45) is 5.92 Å². The number of aliphatic hydroxyl groups is 1. The van der Waals surface area contributed by atoms with Crippen molar-refractivity contribution in [1.82, 2.24) is 9.21 Å². The van der Waals surface area contributed by atoms with Crippen molar-refractivity contribution in [3.8, 4) is 0 Å². The molecule has 1 aliphatic heterocycles. The Bertz CT molecular complexity index is 945. The standard InChI is InChI=1S/C22H27FN2O4S/c23-20-8-4-5-9-21(20)30(28,29)25-14-11-19(12-15-25)22(27)24(16-17-26)13-10-18-6-2-1-3-7-18/h1-9,19,26H,10-17H2. The third kappa shape index (κ3) is 5.24. The molecule has 0 saturated carbocycles. The van der Waals surface area contributed by atoms with Gasteiger partial charge in [0.25, 0.3) is 0 Å². The van der Waals surface area contributed by atoms with E-state index in [1.54, 1.807) is 4.90 Å². The van der Waals surface area contributed by atoms with Crippen molar-refractivity contribution < 1.29 is 22.7 Å². The van der Waals surface area contributed by atoms with Crippen LogP contribution in [-0.2, 0) is 21.2 Å². The molecule has 162 valence electrons. The van der Waals surface area contributed by atoms with Crippen LogP contribution < -0.4 is 0 Å². The highest BCUT2D eigenvalue weighted by molar-refractivity contribution is 7.89. The molecule has 1 saturated heterocycles. The molecule has 8 heteroatoms. The Morgan fingerprint density at radius 2 is 1.67 bits per heavy atom. The minimum absolute atomic E-state index is 0.0667. The average Bonchev–Trinajstić information content (AvgIpc) is 2.77. The first kappa shape index (κ1) is 22.4. The van der Waals surface area contributed by atoms with E-state index in [0.29, 0.717) is 25.8 Å². The Morgan fingerprint density at radius 3 is 2.30 bits per heavy atom. The third-order valence-corrected chi connectivity index (χ3v) is 7.38. The molecule has 0 aromatic heterocycles. The van der Waals surface area contributed by atoms with Crippen LogP contribution in [0.15, 0.2) is 59.5 Å². The Hall–Kier alpha value is -2.29. The Balaban J connectivity index is 1.61. The van der Waals surface area contributed by atoms with Crippen LogP contribution in [0.4, 0.5) is 4.39 Å². The van der Waals surface area contributed by atoms with Crippen LogP contribution in [-0.4, -0.2) is 61.4 Å². The first-order chi connectivity index (χ1) is 14.4. The fourth-order valence-corrected chi connectivity index (χ4v) is 5.29. The maximum Gasteiger partial charge on any atom is 0.245 e. The maximum absolute atomic E-state index is 14.0. The average molecular weight is 435 g/mol. The number of rotatable bonds is 8. The number of sulfonamides is 1. The summed E-state index contributed by atoms with van der Waals surface area (Å²) in [5, 5.41) is 9.36. The molecule has 0 spiro atoms. The summed E-state index contributed by atoms with van der Waals surface area (Å²) in [5.41, 5.74) is 1.11. The minimum atomic E-state index is -3.93. The van der Waals surface area contributed by atoms with Gasteiger partial charge in [-0.2, -0.15) is 4.31 Å². The van der Waals surface area contributed by atoms with Gasteiger partial charge in [0, 0.05) is 32.1 Å². The predicted octanol–water partition coefficient (Wildman–Crippen LogP) is 2.29. The lowest BCUT2D eigenvalue weighted by molar-refractivity contribution is -0.137. The second kappa shape index (κ2) is 10.1. The van der Waals surface area contributed by atoms with Crippen LogP contribution in [0, 0.1) is 11.7 Å². The van der Waals surface area contributed by atoms with Crippen molar-refractivity contribution in [3.05, 3.63) is 66.0 Å². The summed E-state index contributed by atoms with van der Waals surface area (Å²) in [7, 11) is -3.93. The highest BCUT2D eigenvalue weighted by atomic mass is 32.2. The molecule has 0 radical (unpaired) electrons. The van der Waals surface area contributed by atoms with Gasteiger partial charge in [0.2, 0.25) is 15.9 Å². The quantitative estimate of drug-likeness (QED) is 0.692. The van der Waals surface area contributed by atoms with E-state index in [1.165, 1.54) is 22.5 Å². The number of amides is 1. The molecule has 2 aromatic carbocycles. The highest BCUT2D eigenvalue weighted by Crippen LogP contribution is 2.26. The molecular weight excluding hydrogens is 407 g/mol. The van der Waals surface area contributed by atoms with E-state index >= 15 is 0 Å². The number of aliphatic hydroxyl groups excluding tert-OH is 1. The van der Waals surface area contributed by atoms with Gasteiger partial charge in [-0.3, -0.25) is 4.79 Å². The molecule has 1 amide bonds. The van der Waals surface area contributed by atoms with E-state index in [4.69, 9.17) is 0 Å². The number of hydrogen-bond donors (Lipinski definition) is 1. The van der Waals surface area contributed by atoms with Crippen LogP contribution >= 0.6 is 0 Å². The van der Waals surface area contributed by atoms with Crippen LogP contribution in [0.5, 0.6) is 0 Å². The summed E-state index contributed by atoms with van der Waals surface area (Å²) in [6, 6.07) is 15.1. The lowest BCUT2D eigenvalue weighted by Gasteiger charge is -2.33. The predicted molar refractivity (Wildman–Crippen MR) is 112 cm³/mol. The van der Waals surface area contributed by atoms with Crippen molar-refractivity contribution in [3.63, 3.8) is 0 Å². The summed E-state index contributed by atoms with van der Waals surface area (Å²) in [4.78, 5) is 14.3. The van der Waals surface area contributed by atoms with Crippen LogP contribution in [0.2, 0.25) is 0 Å². The summed E-state index contributed by atoms with van der Waals surface area (Å²) in [6.07, 6.45) is 1.44. The first-order valence-electron chi connectivity index (χ1n) is 10.1. The largest absolute Gasteiger partial charge is 0.395 e. The second-order valence-electron chi connectivity index (χ2n) is 7.39. The number of halogens is 1. The van der Waals surface area contributed by atoms with Gasteiger partial charge in [-0.1, -0.05) is 42.5 Å². The summed E-state index contributed by atoms with van der Waals surface area (Å²) < 4.78 is 40.7. The van der Waals surface area contributed by atoms with Gasteiger partial charge < -0.3 is 10.0 Å². The highest BCUT2D eigenvalue weighted by Gasteiger charge is 2.34. The van der Waals surface area contributed by atoms with E-state index < -0.39 is 15.8 Å². The van der Waals surface area contributed by atoms with Gasteiger partial charge in [0.1, 0.15) is 10.7 Å². The van der Waals surface area contributed by atoms with E-state index in [-0.39, 0.29) is 43.0 Å². The van der Waals surface area contributed by atoms with Gasteiger partial charge in [-0.25, -0.2) is 12.8 Å². The fraction of sp³-hybridized carbons (Fsp3) is 0.409. The van der Waals surface area contributed by atoms with E-state index in [1.807, 2.05) is 30.3 Å². The number of nitrogens with zero attached hydrogens (tertiary/aromatic N) is 2. The van der Waals surface area contributed by atoms with E-state index in [2.05, 4.69) is 0 Å². The number of benzene rings is 2. The van der Waals surface area contributed by atoms with E-state index in [9.17, 15) is 22.7 Å². The molecule has 3 rings (SSSR count). The SMILES string of the molecule is O=C(C1CCN(S(=O)(=O)c2ccccc2F)CC1)N(CCO)CCc1ccccc1. The van der Waals surface area contributed by atoms with Crippen LogP contribution in [0.3, 0.4) is 0 Å². The molecule has 0 unspecified atom stereocenters. The van der Waals surface area contributed by atoms with Gasteiger partial charge >= 0.3 is 0 Å². The number of piperidine rings is 1. The minimum Gasteiger partial charge on any atom is -0.395 e. The lowest BCUT2D eigenvalue weighted by atomic mass is 9.96. The molecule has 6 nitrogen and oxygen atoms in total. The topological polar surface area (TPSA) is 77.9 Å². The summed E-state index contributed by atoms with van der Waals surface area (Å²) >= 11 is 0. The van der Waals surface area contributed by atoms with Gasteiger partial charge in [0.15, 0.2) is 0 Å². The van der Waals surface area contributed by atoms with Crippen LogP contribution in [0.1, 0.15) is 18.4 Å². The third-order valence-electron chi connectivity index (χ3n) is 5.45. The molecule has 1 N–H and O–H groups in total. The molecule has 1 fully saturated rings. The molecular formula is C22H27FN2O4S. The van der Waals surface area contributed by atoms with Crippen LogP contribution in [0.25, 0.3) is 0 Å². The summed E-state index contributed by atoms with van der Waals surface area (Å²) in [6.45, 7) is 0.953. The van der Waals surface area contributed by atoms with E-state index in [0.717, 1.165) is 11.6 Å². The molecule has 2 aromatic rings. The molecule has 0 aliphatic carbocycles. The van der Waals surface area contributed by atoms with Crippen molar-refractivity contribution >= 4 is 15.9 Å². The zero-order valence-corrected chi connectivity index (χ0v) is 17.6. The van der Waals surface area contributed by atoms with Crippen molar-refractivity contribution in [1.29, 1.82) is 0 Å². The van der Waals surface area contributed by atoms with Crippen molar-refractivity contribution in [2.75, 3.05) is 32.8 Å². The number of carbonyl (C=O) groups excluding carboxylic acids is 1. The second-order valence-corrected chi connectivity index (χ2v) is 9.30. The smallest absolute Gasteiger partial charge is 0.245 e. The normalized spacial score (nSPS) is 15.8. The number of hydrogen-bond acceptors (Lipinski definition) is 4. The fourth-order valence-electron chi connectivity index (χ4n) is 3.76. The zero-order chi connectivity index (χ0) is 21.6. The molecule has 1 aliphatic rings. The number of carbonyl (C=O) groups is 1. The molecule has 0 bridgehead atoms. The summed E-state index contributed by atoms with van der Waals surface area (Å²) in [5.74, 6) is -1.15. The van der Waals surface area contributed by atoms with Gasteiger partial charge in [-0.15, -0.1) is 0 Å². The Labute approximate surface area is 177 Å². The van der Waals surface area contributed by atoms with Crippen molar-refractivity contribution in [2.45, 2.75) is 24.2 Å². The molecule has 30 heavy (non-hydrogen) atoms. The van der Waals surface area contributed by atoms with Gasteiger partial charge in [0.05, 0.1) is 6.61 Å². The first-order valence-corrected chi connectivity index (χ1v) is 11.6. The maximum atomic E-state index is 14.0. The Kier molecular flexibility index (Phi) is 7.58. The zero-order valence-electron chi connectivity index (χ0n) is 16.8. The van der Waals surface area contributed by atoms with Gasteiger partial charge in [-0.05, 0) is 37.0 Å². The Morgan fingerprint density at radius 1 is 1.03 bits per heavy atom.